The largest absolute Gasteiger partial charge is 0.444 e. The van der Waals surface area contributed by atoms with Gasteiger partial charge in [-0.05, 0) is 50.3 Å². The molecule has 1 atom stereocenters. The molecule has 30 heavy (non-hydrogen) atoms. The fourth-order valence-corrected chi connectivity index (χ4v) is 6.76. The van der Waals surface area contributed by atoms with Gasteiger partial charge in [-0.1, -0.05) is 12.5 Å². The summed E-state index contributed by atoms with van der Waals surface area (Å²) in [7, 11) is -3.79. The van der Waals surface area contributed by atoms with Gasteiger partial charge in [0.25, 0.3) is 5.56 Å². The Morgan fingerprint density at radius 2 is 1.93 bits per heavy atom. The minimum absolute atomic E-state index is 0.0699. The molecule has 5 rings (SSSR count). The lowest BCUT2D eigenvalue weighted by Crippen LogP contribution is -2.44. The van der Waals surface area contributed by atoms with E-state index in [2.05, 4.69) is 0 Å². The third-order valence-electron chi connectivity index (χ3n) is 6.92. The fraction of sp³-hybridized carbons (Fsp3) is 0.524. The Morgan fingerprint density at radius 1 is 1.17 bits per heavy atom. The first kappa shape index (κ1) is 19.7. The van der Waals surface area contributed by atoms with Crippen LogP contribution in [0.25, 0.3) is 10.8 Å². The molecule has 0 amide bonds. The predicted molar refractivity (Wildman–Crippen MR) is 110 cm³/mol. The van der Waals surface area contributed by atoms with E-state index in [1.165, 1.54) is 21.1 Å². The molecule has 3 fully saturated rings. The molecule has 1 aliphatic heterocycles. The molecular weight excluding hydrogens is 406 g/mol. The molecule has 1 saturated heterocycles. The van der Waals surface area contributed by atoms with E-state index in [0.29, 0.717) is 18.4 Å². The molecule has 0 radical (unpaired) electrons. The first-order valence-electron chi connectivity index (χ1n) is 10.4. The molecule has 2 heterocycles. The molecule has 1 aromatic heterocycles. The summed E-state index contributed by atoms with van der Waals surface area (Å²) >= 11 is 0. The number of sulfonamides is 1. The number of pyridine rings is 1. The Kier molecular flexibility index (Phi) is 4.53. The normalized spacial score (nSPS) is 23.6. The Bertz CT molecular complexity index is 1180. The van der Waals surface area contributed by atoms with Crippen molar-refractivity contribution in [3.8, 4) is 0 Å². The van der Waals surface area contributed by atoms with E-state index in [1.807, 2.05) is 0 Å². The SMILES string of the molecule is NC1CCN(S(=O)(=O)c2cccc3c(=O)n(COC(=O)C4CCC4)ccc23)C12CC2. The average molecular weight is 432 g/mol. The zero-order chi connectivity index (χ0) is 21.1. The maximum atomic E-state index is 13.5. The van der Waals surface area contributed by atoms with Crippen molar-refractivity contribution in [1.29, 1.82) is 0 Å². The number of fused-ring (bicyclic) bond motifs is 1. The van der Waals surface area contributed by atoms with Crippen molar-refractivity contribution < 1.29 is 17.9 Å². The molecule has 160 valence electrons. The van der Waals surface area contributed by atoms with Crippen molar-refractivity contribution in [2.24, 2.45) is 11.7 Å². The number of rotatable bonds is 5. The lowest BCUT2D eigenvalue weighted by Gasteiger charge is -2.26. The van der Waals surface area contributed by atoms with Gasteiger partial charge < -0.3 is 10.5 Å². The maximum Gasteiger partial charge on any atom is 0.310 e. The van der Waals surface area contributed by atoms with Crippen LogP contribution in [0.1, 0.15) is 38.5 Å². The van der Waals surface area contributed by atoms with Crippen molar-refractivity contribution in [2.75, 3.05) is 6.54 Å². The number of benzene rings is 1. The van der Waals surface area contributed by atoms with E-state index in [-0.39, 0.29) is 40.5 Å². The molecule has 1 spiro atoms. The van der Waals surface area contributed by atoms with E-state index in [9.17, 15) is 18.0 Å². The van der Waals surface area contributed by atoms with E-state index in [1.54, 1.807) is 18.2 Å². The molecule has 1 unspecified atom stereocenters. The number of esters is 1. The summed E-state index contributed by atoms with van der Waals surface area (Å²) in [4.78, 5) is 25.0. The summed E-state index contributed by atoms with van der Waals surface area (Å²) in [6, 6.07) is 6.18. The molecule has 3 aliphatic rings. The second-order valence-electron chi connectivity index (χ2n) is 8.60. The topological polar surface area (TPSA) is 112 Å². The van der Waals surface area contributed by atoms with Gasteiger partial charge in [-0.2, -0.15) is 4.31 Å². The predicted octanol–water partition coefficient (Wildman–Crippen LogP) is 1.56. The maximum absolute atomic E-state index is 13.5. The van der Waals surface area contributed by atoms with Crippen LogP contribution in [0, 0.1) is 5.92 Å². The van der Waals surface area contributed by atoms with Crippen LogP contribution in [0.3, 0.4) is 0 Å². The zero-order valence-corrected chi connectivity index (χ0v) is 17.4. The monoisotopic (exact) mass is 431 g/mol. The van der Waals surface area contributed by atoms with Gasteiger partial charge in [-0.15, -0.1) is 0 Å². The molecule has 2 saturated carbocycles. The number of aromatic nitrogens is 1. The highest BCUT2D eigenvalue weighted by atomic mass is 32.2. The number of hydrogen-bond donors (Lipinski definition) is 1. The van der Waals surface area contributed by atoms with Crippen LogP contribution >= 0.6 is 0 Å². The van der Waals surface area contributed by atoms with Gasteiger partial charge in [-0.25, -0.2) is 8.42 Å². The Balaban J connectivity index is 1.48. The quantitative estimate of drug-likeness (QED) is 0.719. The standard InChI is InChI=1S/C21H25N3O5S/c22-18-8-12-24(21(18)9-10-21)30(27,28)17-6-2-5-16-15(17)7-11-23(19(16)25)13-29-20(26)14-3-1-4-14/h2,5-7,11,14,18H,1,3-4,8-10,12-13,22H2. The highest BCUT2D eigenvalue weighted by Gasteiger charge is 2.60. The number of carbonyl (C=O) groups excluding carboxylic acids is 1. The number of ether oxygens (including phenoxy) is 1. The third kappa shape index (κ3) is 2.91. The van der Waals surface area contributed by atoms with Gasteiger partial charge in [-0.3, -0.25) is 14.2 Å². The van der Waals surface area contributed by atoms with Crippen molar-refractivity contribution in [3.05, 3.63) is 40.8 Å². The lowest BCUT2D eigenvalue weighted by molar-refractivity contribution is -0.155. The summed E-state index contributed by atoms with van der Waals surface area (Å²) in [6.07, 6.45) is 6.36. The van der Waals surface area contributed by atoms with E-state index in [0.717, 1.165) is 32.1 Å². The second kappa shape index (κ2) is 6.90. The molecule has 2 N–H and O–H groups in total. The first-order chi connectivity index (χ1) is 14.3. The minimum atomic E-state index is -3.79. The van der Waals surface area contributed by atoms with E-state index >= 15 is 0 Å². The van der Waals surface area contributed by atoms with Gasteiger partial charge in [0.05, 0.1) is 16.4 Å². The van der Waals surface area contributed by atoms with E-state index < -0.39 is 15.6 Å². The summed E-state index contributed by atoms with van der Waals surface area (Å²) < 4.78 is 35.0. The smallest absolute Gasteiger partial charge is 0.310 e. The number of carbonyl (C=O) groups is 1. The van der Waals surface area contributed by atoms with Gasteiger partial charge >= 0.3 is 5.97 Å². The van der Waals surface area contributed by atoms with Crippen LogP contribution in [0.4, 0.5) is 0 Å². The summed E-state index contributed by atoms with van der Waals surface area (Å²) in [6.45, 7) is 0.221. The molecule has 8 nitrogen and oxygen atoms in total. The van der Waals surface area contributed by atoms with Gasteiger partial charge in [0.15, 0.2) is 6.73 Å². The number of nitrogens with zero attached hydrogens (tertiary/aromatic N) is 2. The average Bonchev–Trinajstić information content (AvgIpc) is 3.40. The molecule has 2 aliphatic carbocycles. The van der Waals surface area contributed by atoms with Crippen molar-refractivity contribution >= 4 is 26.8 Å². The highest BCUT2D eigenvalue weighted by Crippen LogP contribution is 2.51. The molecule has 2 aromatic rings. The van der Waals surface area contributed by atoms with Crippen LogP contribution in [0.15, 0.2) is 40.2 Å². The Hall–Kier alpha value is -2.23. The molecule has 1 aromatic carbocycles. The third-order valence-corrected chi connectivity index (χ3v) is 8.96. The van der Waals surface area contributed by atoms with Crippen molar-refractivity contribution in [1.82, 2.24) is 8.87 Å². The minimum Gasteiger partial charge on any atom is -0.444 e. The first-order valence-corrected chi connectivity index (χ1v) is 11.9. The van der Waals surface area contributed by atoms with Crippen LogP contribution in [-0.4, -0.2) is 41.4 Å². The van der Waals surface area contributed by atoms with Gasteiger partial charge in [0, 0.05) is 29.6 Å². The summed E-state index contributed by atoms with van der Waals surface area (Å²) in [5.41, 5.74) is 5.34. The summed E-state index contributed by atoms with van der Waals surface area (Å²) in [5.74, 6) is -0.357. The highest BCUT2D eigenvalue weighted by molar-refractivity contribution is 7.89. The van der Waals surface area contributed by atoms with Gasteiger partial charge in [0.1, 0.15) is 0 Å². The van der Waals surface area contributed by atoms with E-state index in [4.69, 9.17) is 10.5 Å². The Labute approximate surface area is 174 Å². The lowest BCUT2D eigenvalue weighted by atomic mass is 9.86. The molecule has 0 bridgehead atoms. The van der Waals surface area contributed by atoms with Crippen LogP contribution in [0.5, 0.6) is 0 Å². The van der Waals surface area contributed by atoms with Crippen molar-refractivity contribution in [3.63, 3.8) is 0 Å². The molecule has 9 heteroatoms. The number of nitrogens with two attached hydrogens (primary N) is 1. The van der Waals surface area contributed by atoms with Crippen LogP contribution in [0.2, 0.25) is 0 Å². The van der Waals surface area contributed by atoms with Gasteiger partial charge in [0.2, 0.25) is 10.0 Å². The van der Waals surface area contributed by atoms with Crippen LogP contribution in [-0.2, 0) is 26.3 Å². The second-order valence-corrected chi connectivity index (χ2v) is 10.4. The van der Waals surface area contributed by atoms with Crippen molar-refractivity contribution in [2.45, 2.75) is 61.7 Å². The fourth-order valence-electron chi connectivity index (χ4n) is 4.67. The summed E-state index contributed by atoms with van der Waals surface area (Å²) in [5, 5.41) is 0.659. The number of hydrogen-bond acceptors (Lipinski definition) is 6. The Morgan fingerprint density at radius 3 is 2.60 bits per heavy atom. The molecular formula is C21H25N3O5S. The zero-order valence-electron chi connectivity index (χ0n) is 16.6. The van der Waals surface area contributed by atoms with Crippen LogP contribution < -0.4 is 11.3 Å².